The number of carbonyl (C=O) groups is 4. The summed E-state index contributed by atoms with van der Waals surface area (Å²) in [5.41, 5.74) is -2.79. The Balaban J connectivity index is 0.000000748. The van der Waals surface area contributed by atoms with Gasteiger partial charge in [-0.15, -0.1) is 0 Å². The predicted molar refractivity (Wildman–Crippen MR) is 111 cm³/mol. The SMILES string of the molecule is CCC(C)(C(=O)OC(C)C(F)(F)F)C(=O)OC(C)C(F)(F)F.CCC(C)(C)C(=O)OC1CCOC1=O. The maximum Gasteiger partial charge on any atom is 0.425 e. The monoisotopic (exact) mass is 538 g/mol. The summed E-state index contributed by atoms with van der Waals surface area (Å²) in [4.78, 5) is 46.0. The third kappa shape index (κ3) is 9.49. The zero-order valence-electron chi connectivity index (χ0n) is 21.1. The lowest BCUT2D eigenvalue weighted by Crippen LogP contribution is -2.45. The minimum Gasteiger partial charge on any atom is -0.463 e. The zero-order chi connectivity index (χ0) is 28.7. The number of cyclic esters (lactones) is 1. The van der Waals surface area contributed by atoms with Crippen LogP contribution >= 0.6 is 0 Å². The summed E-state index contributed by atoms with van der Waals surface area (Å²) >= 11 is 0. The summed E-state index contributed by atoms with van der Waals surface area (Å²) in [7, 11) is 0. The molecular formula is C22H32F6O8. The van der Waals surface area contributed by atoms with E-state index in [-0.39, 0.29) is 12.4 Å². The molecule has 1 aliphatic heterocycles. The molecule has 1 heterocycles. The van der Waals surface area contributed by atoms with E-state index in [4.69, 9.17) is 9.47 Å². The number of rotatable bonds is 8. The quantitative estimate of drug-likeness (QED) is 0.190. The molecule has 3 unspecified atom stereocenters. The predicted octanol–water partition coefficient (Wildman–Crippen LogP) is 4.67. The Morgan fingerprint density at radius 1 is 0.861 bits per heavy atom. The molecule has 0 N–H and O–H groups in total. The van der Waals surface area contributed by atoms with Crippen LogP contribution in [0.3, 0.4) is 0 Å². The summed E-state index contributed by atoms with van der Waals surface area (Å²) in [5.74, 6) is -3.95. The van der Waals surface area contributed by atoms with E-state index in [1.807, 2.05) is 6.92 Å². The van der Waals surface area contributed by atoms with Crippen LogP contribution in [0.15, 0.2) is 0 Å². The third-order valence-electron chi connectivity index (χ3n) is 5.67. The van der Waals surface area contributed by atoms with Crippen molar-refractivity contribution < 1.29 is 64.5 Å². The smallest absolute Gasteiger partial charge is 0.425 e. The molecule has 0 aromatic heterocycles. The van der Waals surface area contributed by atoms with Gasteiger partial charge in [-0.2, -0.15) is 26.3 Å². The van der Waals surface area contributed by atoms with Gasteiger partial charge in [-0.1, -0.05) is 13.8 Å². The largest absolute Gasteiger partial charge is 0.463 e. The van der Waals surface area contributed by atoms with E-state index in [9.17, 15) is 45.5 Å². The van der Waals surface area contributed by atoms with Gasteiger partial charge in [0, 0.05) is 6.42 Å². The van der Waals surface area contributed by atoms with Crippen molar-refractivity contribution in [2.45, 2.75) is 98.4 Å². The summed E-state index contributed by atoms with van der Waals surface area (Å²) in [5, 5.41) is 0. The molecule has 1 fully saturated rings. The summed E-state index contributed by atoms with van der Waals surface area (Å²) in [6, 6.07) is 0. The Bertz CT molecular complexity index is 756. The molecule has 0 amide bonds. The molecule has 1 aliphatic rings. The van der Waals surface area contributed by atoms with Crippen LogP contribution < -0.4 is 0 Å². The Morgan fingerprint density at radius 2 is 1.28 bits per heavy atom. The van der Waals surface area contributed by atoms with E-state index in [1.54, 1.807) is 13.8 Å². The number of carbonyl (C=O) groups excluding carboxylic acids is 4. The highest BCUT2D eigenvalue weighted by Gasteiger charge is 2.50. The Hall–Kier alpha value is -2.54. The van der Waals surface area contributed by atoms with Gasteiger partial charge < -0.3 is 18.9 Å². The molecule has 1 saturated heterocycles. The Labute approximate surface area is 204 Å². The lowest BCUT2D eigenvalue weighted by Gasteiger charge is -2.28. The van der Waals surface area contributed by atoms with Crippen LogP contribution in [0.25, 0.3) is 0 Å². The average molecular weight is 538 g/mol. The van der Waals surface area contributed by atoms with Crippen molar-refractivity contribution in [1.82, 2.24) is 0 Å². The van der Waals surface area contributed by atoms with Gasteiger partial charge in [0.15, 0.2) is 17.6 Å². The van der Waals surface area contributed by atoms with Crippen molar-refractivity contribution in [1.29, 1.82) is 0 Å². The molecule has 0 aliphatic carbocycles. The zero-order valence-corrected chi connectivity index (χ0v) is 21.1. The highest BCUT2D eigenvalue weighted by atomic mass is 19.4. The van der Waals surface area contributed by atoms with Crippen molar-refractivity contribution >= 4 is 23.9 Å². The molecule has 14 heteroatoms. The Morgan fingerprint density at radius 3 is 1.56 bits per heavy atom. The van der Waals surface area contributed by atoms with Crippen LogP contribution in [-0.2, 0) is 38.1 Å². The van der Waals surface area contributed by atoms with Crippen LogP contribution in [0, 0.1) is 10.8 Å². The minimum atomic E-state index is -4.85. The number of hydrogen-bond acceptors (Lipinski definition) is 8. The molecule has 0 spiro atoms. The van der Waals surface area contributed by atoms with Gasteiger partial charge in [0.2, 0.25) is 6.10 Å². The van der Waals surface area contributed by atoms with Crippen molar-refractivity contribution in [2.24, 2.45) is 10.8 Å². The standard InChI is InChI=1S/C12H16F6O4.C10H16O4/c1-5-10(4,8(19)21-6(2)11(13,14)15)9(20)22-7(3)12(16,17)18;1-4-10(2,3)9(12)14-7-5-6-13-8(7)11/h6-7H,5H2,1-4H3;7H,4-6H2,1-3H3. The van der Waals surface area contributed by atoms with Crippen molar-refractivity contribution in [3.05, 3.63) is 0 Å². The highest BCUT2D eigenvalue weighted by molar-refractivity contribution is 5.99. The van der Waals surface area contributed by atoms with Crippen LogP contribution in [0.5, 0.6) is 0 Å². The number of halogens is 6. The van der Waals surface area contributed by atoms with Gasteiger partial charge in [0.1, 0.15) is 0 Å². The number of alkyl halides is 6. The molecule has 0 aromatic rings. The van der Waals surface area contributed by atoms with E-state index < -0.39 is 59.4 Å². The van der Waals surface area contributed by atoms with Crippen LogP contribution in [0.2, 0.25) is 0 Å². The fourth-order valence-electron chi connectivity index (χ4n) is 2.10. The molecule has 0 bridgehead atoms. The summed E-state index contributed by atoms with van der Waals surface area (Å²) in [6.07, 6.45) is -14.6. The number of hydrogen-bond donors (Lipinski definition) is 0. The first-order valence-electron chi connectivity index (χ1n) is 11.1. The molecular weight excluding hydrogens is 506 g/mol. The minimum absolute atomic E-state index is 0.330. The van der Waals surface area contributed by atoms with Gasteiger partial charge in [-0.25, -0.2) is 4.79 Å². The maximum absolute atomic E-state index is 12.3. The molecule has 0 radical (unpaired) electrons. The van der Waals surface area contributed by atoms with Crippen LogP contribution in [-0.4, -0.2) is 61.1 Å². The maximum atomic E-state index is 12.3. The first kappa shape index (κ1) is 33.5. The molecule has 1 rings (SSSR count). The molecule has 0 aromatic carbocycles. The first-order valence-corrected chi connectivity index (χ1v) is 11.1. The summed E-state index contributed by atoms with van der Waals surface area (Å²) < 4.78 is 92.0. The van der Waals surface area contributed by atoms with Crippen molar-refractivity contribution in [3.8, 4) is 0 Å². The van der Waals surface area contributed by atoms with E-state index in [0.717, 1.165) is 6.92 Å². The third-order valence-corrected chi connectivity index (χ3v) is 5.67. The molecule has 3 atom stereocenters. The first-order chi connectivity index (χ1) is 16.1. The van der Waals surface area contributed by atoms with E-state index in [0.29, 0.717) is 33.3 Å². The lowest BCUT2D eigenvalue weighted by molar-refractivity contribution is -0.231. The van der Waals surface area contributed by atoms with Crippen LogP contribution in [0.1, 0.15) is 67.7 Å². The molecule has 8 nitrogen and oxygen atoms in total. The molecule has 36 heavy (non-hydrogen) atoms. The van der Waals surface area contributed by atoms with Crippen LogP contribution in [0.4, 0.5) is 26.3 Å². The molecule has 210 valence electrons. The van der Waals surface area contributed by atoms with E-state index in [1.165, 1.54) is 6.92 Å². The highest BCUT2D eigenvalue weighted by Crippen LogP contribution is 2.32. The van der Waals surface area contributed by atoms with E-state index >= 15 is 0 Å². The van der Waals surface area contributed by atoms with Gasteiger partial charge in [0.05, 0.1) is 12.0 Å². The van der Waals surface area contributed by atoms with Gasteiger partial charge in [-0.3, -0.25) is 14.4 Å². The van der Waals surface area contributed by atoms with Crippen molar-refractivity contribution in [3.63, 3.8) is 0 Å². The fourth-order valence-corrected chi connectivity index (χ4v) is 2.10. The lowest BCUT2D eigenvalue weighted by atomic mass is 9.87. The topological polar surface area (TPSA) is 105 Å². The van der Waals surface area contributed by atoms with Crippen molar-refractivity contribution in [2.75, 3.05) is 6.61 Å². The number of ether oxygens (including phenoxy) is 4. The second-order valence-electron chi connectivity index (χ2n) is 8.95. The summed E-state index contributed by atoms with van der Waals surface area (Å²) in [6.45, 7) is 9.04. The molecule has 0 saturated carbocycles. The van der Waals surface area contributed by atoms with Gasteiger partial charge in [-0.05, 0) is 47.5 Å². The van der Waals surface area contributed by atoms with E-state index in [2.05, 4.69) is 9.47 Å². The fraction of sp³-hybridized carbons (Fsp3) is 0.818. The average Bonchev–Trinajstić information content (AvgIpc) is 3.16. The normalized spacial score (nSPS) is 19.6. The number of esters is 4. The van der Waals surface area contributed by atoms with Gasteiger partial charge >= 0.3 is 36.2 Å². The second-order valence-corrected chi connectivity index (χ2v) is 8.95. The van der Waals surface area contributed by atoms with Gasteiger partial charge in [0.25, 0.3) is 0 Å². The second kappa shape index (κ2) is 12.6. The Kier molecular flexibility index (Phi) is 11.7.